The summed E-state index contributed by atoms with van der Waals surface area (Å²) in [4.78, 5) is 11.2. The van der Waals surface area contributed by atoms with Crippen molar-refractivity contribution >= 4 is 17.3 Å². The molecule has 0 fully saturated rings. The number of halogens is 1. The van der Waals surface area contributed by atoms with E-state index >= 15 is 0 Å². The van der Waals surface area contributed by atoms with Crippen molar-refractivity contribution in [2.45, 2.75) is 33.2 Å². The summed E-state index contributed by atoms with van der Waals surface area (Å²) in [6.45, 7) is 6.25. The maximum atomic E-state index is 13.3. The molecular formula is C18H25FN4S. The van der Waals surface area contributed by atoms with Gasteiger partial charge in [-0.05, 0) is 31.0 Å². The Morgan fingerprint density at radius 2 is 2.21 bits per heavy atom. The number of nitrogens with zero attached hydrogens (tertiary/aromatic N) is 3. The van der Waals surface area contributed by atoms with Gasteiger partial charge in [-0.25, -0.2) is 9.37 Å². The predicted molar refractivity (Wildman–Crippen MR) is 99.0 cm³/mol. The summed E-state index contributed by atoms with van der Waals surface area (Å²) >= 11 is 1.71. The quantitative estimate of drug-likeness (QED) is 0.615. The van der Waals surface area contributed by atoms with Gasteiger partial charge in [0.1, 0.15) is 5.82 Å². The highest BCUT2D eigenvalue weighted by molar-refractivity contribution is 7.09. The fraction of sp³-hybridized carbons (Fsp3) is 0.444. The highest BCUT2D eigenvalue weighted by Gasteiger charge is 2.07. The molecule has 4 nitrogen and oxygen atoms in total. The second-order valence-corrected chi connectivity index (χ2v) is 6.50. The van der Waals surface area contributed by atoms with Crippen molar-refractivity contribution in [3.05, 3.63) is 51.7 Å². The minimum Gasteiger partial charge on any atom is -0.357 e. The van der Waals surface area contributed by atoms with Gasteiger partial charge in [-0.3, -0.25) is 4.99 Å². The predicted octanol–water partition coefficient (Wildman–Crippen LogP) is 3.48. The molecule has 2 rings (SSSR count). The third kappa shape index (κ3) is 5.60. The van der Waals surface area contributed by atoms with Crippen molar-refractivity contribution in [2.75, 3.05) is 20.1 Å². The van der Waals surface area contributed by atoms with Gasteiger partial charge < -0.3 is 10.2 Å². The van der Waals surface area contributed by atoms with Crippen molar-refractivity contribution in [2.24, 2.45) is 4.99 Å². The van der Waals surface area contributed by atoms with Crippen LogP contribution in [0.4, 0.5) is 4.39 Å². The number of aliphatic imine (C=N–C) groups is 1. The van der Waals surface area contributed by atoms with E-state index in [4.69, 9.17) is 0 Å². The molecule has 1 N–H and O–H groups in total. The third-order valence-electron chi connectivity index (χ3n) is 3.54. The van der Waals surface area contributed by atoms with Crippen LogP contribution >= 0.6 is 11.3 Å². The number of guanidine groups is 1. The average molecular weight is 348 g/mol. The maximum absolute atomic E-state index is 13.3. The number of thiazole rings is 1. The number of rotatable bonds is 7. The van der Waals surface area contributed by atoms with Crippen LogP contribution < -0.4 is 5.32 Å². The van der Waals surface area contributed by atoms with Crippen LogP contribution in [0.1, 0.15) is 30.1 Å². The van der Waals surface area contributed by atoms with Crippen molar-refractivity contribution in [3.8, 4) is 0 Å². The van der Waals surface area contributed by atoms with E-state index in [9.17, 15) is 4.39 Å². The molecule has 0 aliphatic heterocycles. The Kier molecular flexibility index (Phi) is 7.18. The molecule has 6 heteroatoms. The summed E-state index contributed by atoms with van der Waals surface area (Å²) in [5, 5.41) is 6.56. The second-order valence-electron chi connectivity index (χ2n) is 5.56. The van der Waals surface area contributed by atoms with Gasteiger partial charge in [-0.1, -0.05) is 19.1 Å². The number of hydrogen-bond donors (Lipinski definition) is 1. The van der Waals surface area contributed by atoms with Gasteiger partial charge in [0, 0.05) is 38.5 Å². The van der Waals surface area contributed by atoms with Crippen LogP contribution in [0.2, 0.25) is 0 Å². The Hall–Kier alpha value is -1.95. The zero-order chi connectivity index (χ0) is 17.4. The Morgan fingerprint density at radius 1 is 1.38 bits per heavy atom. The SMILES string of the molecule is CCNC(=NCCc1csc(CC)n1)N(C)Cc1cccc(F)c1. The molecule has 0 unspecified atom stereocenters. The van der Waals surface area contributed by atoms with Crippen molar-refractivity contribution in [1.29, 1.82) is 0 Å². The third-order valence-corrected chi connectivity index (χ3v) is 4.58. The van der Waals surface area contributed by atoms with Crippen molar-refractivity contribution < 1.29 is 4.39 Å². The van der Waals surface area contributed by atoms with E-state index in [-0.39, 0.29) is 5.82 Å². The maximum Gasteiger partial charge on any atom is 0.193 e. The fourth-order valence-corrected chi connectivity index (χ4v) is 3.14. The highest BCUT2D eigenvalue weighted by Crippen LogP contribution is 2.11. The van der Waals surface area contributed by atoms with Gasteiger partial charge in [0.25, 0.3) is 0 Å². The molecule has 0 aliphatic carbocycles. The average Bonchev–Trinajstić information content (AvgIpc) is 3.02. The molecular weight excluding hydrogens is 323 g/mol. The lowest BCUT2D eigenvalue weighted by Crippen LogP contribution is -2.38. The summed E-state index contributed by atoms with van der Waals surface area (Å²) in [6.07, 6.45) is 1.81. The minimum atomic E-state index is -0.210. The van der Waals surface area contributed by atoms with Gasteiger partial charge in [0.05, 0.1) is 10.7 Å². The molecule has 1 aromatic carbocycles. The molecule has 0 saturated carbocycles. The molecule has 24 heavy (non-hydrogen) atoms. The van der Waals surface area contributed by atoms with E-state index < -0.39 is 0 Å². The highest BCUT2D eigenvalue weighted by atomic mass is 32.1. The van der Waals surface area contributed by atoms with Crippen LogP contribution in [-0.4, -0.2) is 36.0 Å². The summed E-state index contributed by atoms with van der Waals surface area (Å²) < 4.78 is 13.3. The second kappa shape index (κ2) is 9.37. The first-order valence-corrected chi connectivity index (χ1v) is 9.17. The fourth-order valence-electron chi connectivity index (χ4n) is 2.36. The normalized spacial score (nSPS) is 11.6. The van der Waals surface area contributed by atoms with Crippen LogP contribution in [0, 0.1) is 5.82 Å². The van der Waals surface area contributed by atoms with E-state index in [1.54, 1.807) is 23.5 Å². The van der Waals surface area contributed by atoms with Gasteiger partial charge in [-0.2, -0.15) is 0 Å². The molecule has 0 amide bonds. The van der Waals surface area contributed by atoms with Crippen LogP contribution in [0.5, 0.6) is 0 Å². The lowest BCUT2D eigenvalue weighted by molar-refractivity contribution is 0.475. The van der Waals surface area contributed by atoms with E-state index in [0.29, 0.717) is 13.1 Å². The minimum absolute atomic E-state index is 0.210. The summed E-state index contributed by atoms with van der Waals surface area (Å²) in [7, 11) is 1.96. The van der Waals surface area contributed by atoms with Crippen LogP contribution in [0.3, 0.4) is 0 Å². The van der Waals surface area contributed by atoms with Crippen molar-refractivity contribution in [3.63, 3.8) is 0 Å². The zero-order valence-electron chi connectivity index (χ0n) is 14.6. The molecule has 0 spiro atoms. The molecule has 0 radical (unpaired) electrons. The van der Waals surface area contributed by atoms with E-state index in [1.807, 2.05) is 24.9 Å². The summed E-state index contributed by atoms with van der Waals surface area (Å²) in [5.74, 6) is 0.616. The summed E-state index contributed by atoms with van der Waals surface area (Å²) in [5.41, 5.74) is 2.03. The first-order chi connectivity index (χ1) is 11.6. The standard InChI is InChI=1S/C18H25FN4S/c1-4-17-22-16(13-24-17)9-10-21-18(20-5-2)23(3)12-14-7-6-8-15(19)11-14/h6-8,11,13H,4-5,9-10,12H2,1-3H3,(H,20,21). The number of hydrogen-bond acceptors (Lipinski definition) is 3. The topological polar surface area (TPSA) is 40.5 Å². The Morgan fingerprint density at radius 3 is 2.88 bits per heavy atom. The molecule has 0 atom stereocenters. The first kappa shape index (κ1) is 18.4. The van der Waals surface area contributed by atoms with Crippen LogP contribution in [-0.2, 0) is 19.4 Å². The number of nitrogens with one attached hydrogen (secondary N) is 1. The molecule has 130 valence electrons. The van der Waals surface area contributed by atoms with E-state index in [1.165, 1.54) is 11.1 Å². The van der Waals surface area contributed by atoms with E-state index in [2.05, 4.69) is 27.6 Å². The van der Waals surface area contributed by atoms with Crippen LogP contribution in [0.15, 0.2) is 34.6 Å². The van der Waals surface area contributed by atoms with Crippen molar-refractivity contribution in [1.82, 2.24) is 15.2 Å². The van der Waals surface area contributed by atoms with Gasteiger partial charge in [0.2, 0.25) is 0 Å². The largest absolute Gasteiger partial charge is 0.357 e. The number of benzene rings is 1. The van der Waals surface area contributed by atoms with E-state index in [0.717, 1.165) is 36.6 Å². The monoisotopic (exact) mass is 348 g/mol. The molecule has 1 heterocycles. The Labute approximate surface area is 147 Å². The Bertz CT molecular complexity index is 669. The van der Waals surface area contributed by atoms with Gasteiger partial charge >= 0.3 is 0 Å². The molecule has 0 aliphatic rings. The molecule has 2 aromatic rings. The van der Waals surface area contributed by atoms with Crippen LogP contribution in [0.25, 0.3) is 0 Å². The number of aryl methyl sites for hydroxylation is 1. The molecule has 1 aromatic heterocycles. The van der Waals surface area contributed by atoms with Gasteiger partial charge in [0.15, 0.2) is 5.96 Å². The summed E-state index contributed by atoms with van der Waals surface area (Å²) in [6, 6.07) is 6.67. The lowest BCUT2D eigenvalue weighted by atomic mass is 10.2. The first-order valence-electron chi connectivity index (χ1n) is 8.29. The molecule has 0 saturated heterocycles. The number of aromatic nitrogens is 1. The smallest absolute Gasteiger partial charge is 0.193 e. The molecule has 0 bridgehead atoms. The Balaban J connectivity index is 1.95. The van der Waals surface area contributed by atoms with Gasteiger partial charge in [-0.15, -0.1) is 11.3 Å². The zero-order valence-corrected chi connectivity index (χ0v) is 15.4. The lowest BCUT2D eigenvalue weighted by Gasteiger charge is -2.22.